The first kappa shape index (κ1) is 17.1. The Bertz CT molecular complexity index is 1070. The van der Waals surface area contributed by atoms with E-state index in [-0.39, 0.29) is 9.92 Å². The Kier molecular flexibility index (Phi) is 4.20. The highest BCUT2D eigenvalue weighted by molar-refractivity contribution is 7.91. The lowest BCUT2D eigenvalue weighted by molar-refractivity contribution is 0.581. The van der Waals surface area contributed by atoms with Crippen LogP contribution in [0, 0.1) is 5.82 Å². The summed E-state index contributed by atoms with van der Waals surface area (Å²) in [6.07, 6.45) is 0. The highest BCUT2D eigenvalue weighted by Crippen LogP contribution is 2.33. The predicted molar refractivity (Wildman–Crippen MR) is 99.9 cm³/mol. The van der Waals surface area contributed by atoms with Crippen molar-refractivity contribution in [2.24, 2.45) is 7.05 Å². The number of aromatic nitrogens is 1. The molecule has 0 atom stereocenters. The summed E-state index contributed by atoms with van der Waals surface area (Å²) in [5.41, 5.74) is 1.90. The molecule has 0 amide bonds. The van der Waals surface area contributed by atoms with Gasteiger partial charge >= 0.3 is 0 Å². The number of aryl methyl sites for hydroxylation is 1. The van der Waals surface area contributed by atoms with Gasteiger partial charge in [0.2, 0.25) is 9.84 Å². The second-order valence-corrected chi connectivity index (χ2v) is 8.35. The molecule has 0 unspecified atom stereocenters. The Balaban J connectivity index is 1.88. The van der Waals surface area contributed by atoms with E-state index in [0.29, 0.717) is 0 Å². The number of nitrogens with zero attached hydrogens (tertiary/aromatic N) is 2. The molecule has 1 aliphatic heterocycles. The van der Waals surface area contributed by atoms with Crippen molar-refractivity contribution in [2.45, 2.75) is 9.92 Å². The van der Waals surface area contributed by atoms with Gasteiger partial charge in [-0.15, -0.1) is 0 Å². The van der Waals surface area contributed by atoms with Crippen molar-refractivity contribution in [1.29, 1.82) is 0 Å². The Labute approximate surface area is 152 Å². The van der Waals surface area contributed by atoms with Crippen molar-refractivity contribution in [3.8, 4) is 0 Å². The van der Waals surface area contributed by atoms with E-state index in [2.05, 4.69) is 10.2 Å². The van der Waals surface area contributed by atoms with Crippen LogP contribution in [0.3, 0.4) is 0 Å². The summed E-state index contributed by atoms with van der Waals surface area (Å²) >= 11 is 0. The molecule has 1 N–H and O–H groups in total. The molecule has 1 aliphatic rings. The number of hydrogen-bond donors (Lipinski definition) is 1. The molecule has 1 saturated heterocycles. The Morgan fingerprint density at radius 2 is 1.77 bits per heavy atom. The molecular formula is C19H20FN3O2S. The maximum atomic E-state index is 13.5. The van der Waals surface area contributed by atoms with E-state index in [1.807, 2.05) is 18.2 Å². The van der Waals surface area contributed by atoms with Crippen LogP contribution < -0.4 is 10.2 Å². The standard InChI is InChI=1S/C19H20FN3O2S/c1-22-18(26(24,25)16-6-3-5-15(20)13-16)12-14-4-2-7-17(19(14)22)23-10-8-21-9-11-23/h2-7,12-13,21H,8-11H2,1H3. The van der Waals surface area contributed by atoms with E-state index in [0.717, 1.165) is 48.8 Å². The molecule has 1 fully saturated rings. The van der Waals surface area contributed by atoms with Crippen LogP contribution in [0.15, 0.2) is 58.5 Å². The average Bonchev–Trinajstić information content (AvgIpc) is 3.00. The van der Waals surface area contributed by atoms with Crippen LogP contribution in [0.4, 0.5) is 10.1 Å². The predicted octanol–water partition coefficient (Wildman–Crippen LogP) is 2.56. The van der Waals surface area contributed by atoms with E-state index in [4.69, 9.17) is 0 Å². The van der Waals surface area contributed by atoms with Crippen molar-refractivity contribution in [1.82, 2.24) is 9.88 Å². The number of para-hydroxylation sites is 1. The lowest BCUT2D eigenvalue weighted by atomic mass is 10.2. The van der Waals surface area contributed by atoms with Gasteiger partial charge < -0.3 is 14.8 Å². The maximum Gasteiger partial charge on any atom is 0.222 e. The fraction of sp³-hybridized carbons (Fsp3) is 0.263. The van der Waals surface area contributed by atoms with Gasteiger partial charge in [-0.05, 0) is 30.3 Å². The molecule has 1 aromatic heterocycles. The van der Waals surface area contributed by atoms with E-state index < -0.39 is 15.7 Å². The summed E-state index contributed by atoms with van der Waals surface area (Å²) in [6.45, 7) is 3.54. The molecule has 0 radical (unpaired) electrons. The summed E-state index contributed by atoms with van der Waals surface area (Å²) in [7, 11) is -2.06. The summed E-state index contributed by atoms with van der Waals surface area (Å²) in [4.78, 5) is 2.23. The largest absolute Gasteiger partial charge is 0.367 e. The van der Waals surface area contributed by atoms with E-state index >= 15 is 0 Å². The minimum Gasteiger partial charge on any atom is -0.367 e. The van der Waals surface area contributed by atoms with Gasteiger partial charge in [-0.3, -0.25) is 0 Å². The number of nitrogens with one attached hydrogen (secondary N) is 1. The smallest absolute Gasteiger partial charge is 0.222 e. The zero-order valence-electron chi connectivity index (χ0n) is 14.4. The van der Waals surface area contributed by atoms with Crippen LogP contribution >= 0.6 is 0 Å². The molecule has 0 aliphatic carbocycles. The third kappa shape index (κ3) is 2.77. The first-order chi connectivity index (χ1) is 12.5. The third-order valence-electron chi connectivity index (χ3n) is 4.83. The summed E-state index contributed by atoms with van der Waals surface area (Å²) in [6, 6.07) is 12.7. The maximum absolute atomic E-state index is 13.5. The highest BCUT2D eigenvalue weighted by atomic mass is 32.2. The molecule has 0 saturated carbocycles. The van der Waals surface area contributed by atoms with Crippen LogP contribution in [-0.2, 0) is 16.9 Å². The van der Waals surface area contributed by atoms with Gasteiger partial charge in [-0.1, -0.05) is 18.2 Å². The zero-order chi connectivity index (χ0) is 18.3. The molecule has 26 heavy (non-hydrogen) atoms. The molecule has 3 aromatic rings. The second kappa shape index (κ2) is 6.41. The summed E-state index contributed by atoms with van der Waals surface area (Å²) in [5, 5.41) is 4.35. The molecule has 0 spiro atoms. The van der Waals surface area contributed by atoms with Crippen LogP contribution in [0.2, 0.25) is 0 Å². The van der Waals surface area contributed by atoms with Crippen LogP contribution in [0.25, 0.3) is 10.9 Å². The molecular weight excluding hydrogens is 353 g/mol. The van der Waals surface area contributed by atoms with Crippen LogP contribution in [0.5, 0.6) is 0 Å². The van der Waals surface area contributed by atoms with Gasteiger partial charge in [-0.25, -0.2) is 12.8 Å². The van der Waals surface area contributed by atoms with Crippen molar-refractivity contribution in [3.63, 3.8) is 0 Å². The summed E-state index contributed by atoms with van der Waals surface area (Å²) in [5.74, 6) is -0.564. The first-order valence-corrected chi connectivity index (χ1v) is 10.0. The van der Waals surface area contributed by atoms with Crippen molar-refractivity contribution < 1.29 is 12.8 Å². The van der Waals surface area contributed by atoms with Crippen LogP contribution in [0.1, 0.15) is 0 Å². The minimum atomic E-state index is -3.81. The number of piperazine rings is 1. The van der Waals surface area contributed by atoms with Gasteiger partial charge in [0.15, 0.2) is 0 Å². The molecule has 136 valence electrons. The van der Waals surface area contributed by atoms with Gasteiger partial charge in [-0.2, -0.15) is 0 Å². The number of fused-ring (bicyclic) bond motifs is 1. The summed E-state index contributed by atoms with van der Waals surface area (Å²) < 4.78 is 41.3. The molecule has 5 nitrogen and oxygen atoms in total. The lowest BCUT2D eigenvalue weighted by Gasteiger charge is -2.30. The van der Waals surface area contributed by atoms with Crippen molar-refractivity contribution in [2.75, 3.05) is 31.1 Å². The number of sulfone groups is 1. The Hall–Kier alpha value is -2.38. The van der Waals surface area contributed by atoms with Gasteiger partial charge in [0, 0.05) is 38.6 Å². The highest BCUT2D eigenvalue weighted by Gasteiger charge is 2.25. The van der Waals surface area contributed by atoms with Gasteiger partial charge in [0.25, 0.3) is 0 Å². The van der Waals surface area contributed by atoms with Crippen molar-refractivity contribution >= 4 is 26.4 Å². The molecule has 4 rings (SSSR count). The fourth-order valence-electron chi connectivity index (χ4n) is 3.54. The Morgan fingerprint density at radius 3 is 2.50 bits per heavy atom. The number of benzene rings is 2. The molecule has 2 aromatic carbocycles. The van der Waals surface area contributed by atoms with Crippen LogP contribution in [-0.4, -0.2) is 39.2 Å². The SMILES string of the molecule is Cn1c(S(=O)(=O)c2cccc(F)c2)cc2cccc(N3CCNCC3)c21. The van der Waals surface area contributed by atoms with E-state index in [1.165, 1.54) is 18.2 Å². The third-order valence-corrected chi connectivity index (χ3v) is 6.65. The number of hydrogen-bond acceptors (Lipinski definition) is 4. The van der Waals surface area contributed by atoms with E-state index in [9.17, 15) is 12.8 Å². The number of halogens is 1. The Morgan fingerprint density at radius 1 is 1.04 bits per heavy atom. The number of anilines is 1. The molecule has 7 heteroatoms. The number of rotatable bonds is 3. The topological polar surface area (TPSA) is 54.3 Å². The van der Waals surface area contributed by atoms with Gasteiger partial charge in [0.05, 0.1) is 16.1 Å². The van der Waals surface area contributed by atoms with Crippen molar-refractivity contribution in [3.05, 3.63) is 54.3 Å². The lowest BCUT2D eigenvalue weighted by Crippen LogP contribution is -2.43. The average molecular weight is 373 g/mol. The zero-order valence-corrected chi connectivity index (χ0v) is 15.3. The first-order valence-electron chi connectivity index (χ1n) is 8.53. The monoisotopic (exact) mass is 373 g/mol. The molecule has 0 bridgehead atoms. The fourth-order valence-corrected chi connectivity index (χ4v) is 5.05. The normalized spacial score (nSPS) is 15.5. The van der Waals surface area contributed by atoms with E-state index in [1.54, 1.807) is 17.7 Å². The second-order valence-electron chi connectivity index (χ2n) is 6.45. The minimum absolute atomic E-state index is 0.0351. The van der Waals surface area contributed by atoms with Gasteiger partial charge in [0.1, 0.15) is 10.8 Å². The quantitative estimate of drug-likeness (QED) is 0.767. The molecule has 2 heterocycles.